The molecule has 1 unspecified atom stereocenters. The van der Waals surface area contributed by atoms with Crippen molar-refractivity contribution in [2.75, 3.05) is 10.2 Å². The second-order valence-corrected chi connectivity index (χ2v) is 9.36. The Morgan fingerprint density at radius 1 is 1.03 bits per heavy atom. The molecule has 0 saturated heterocycles. The average Bonchev–Trinajstić information content (AvgIpc) is 3.21. The van der Waals surface area contributed by atoms with Crippen LogP contribution in [0.4, 0.5) is 11.5 Å². The fourth-order valence-electron chi connectivity index (χ4n) is 4.48. The lowest BCUT2D eigenvalue weighted by Gasteiger charge is -2.23. The number of rotatable bonds is 4. The zero-order chi connectivity index (χ0) is 22.4. The number of aromatic nitrogens is 2. The molecule has 162 valence electrons. The number of hydrogen-bond acceptors (Lipinski definition) is 4. The Bertz CT molecular complexity index is 1370. The minimum absolute atomic E-state index is 0.0148. The van der Waals surface area contributed by atoms with E-state index in [1.165, 1.54) is 11.1 Å². The first-order valence-electron chi connectivity index (χ1n) is 10.8. The van der Waals surface area contributed by atoms with Crippen molar-refractivity contribution in [3.05, 3.63) is 103 Å². The molecule has 1 atom stereocenters. The normalized spacial score (nSPS) is 13.9. The maximum absolute atomic E-state index is 13.4. The number of fused-ring (bicyclic) bond motifs is 2. The standard InChI is InChI=1S/C26H25BrN4O/c1-16-12-21(18(3)28-23-11-7-6-10-22(23)27)25-29-24(17(2)26(32)31(25)13-16)30-14-19-8-4-5-9-20(19)15-30/h4-13,18,28H,14-15H2,1-3H3. The summed E-state index contributed by atoms with van der Waals surface area (Å²) in [5.41, 5.74) is 6.98. The van der Waals surface area contributed by atoms with Crippen LogP contribution in [0.2, 0.25) is 0 Å². The van der Waals surface area contributed by atoms with Crippen molar-refractivity contribution in [3.8, 4) is 0 Å². The summed E-state index contributed by atoms with van der Waals surface area (Å²) in [4.78, 5) is 20.7. The predicted octanol–water partition coefficient (Wildman–Crippen LogP) is 5.77. The van der Waals surface area contributed by atoms with Crippen molar-refractivity contribution in [2.45, 2.75) is 39.9 Å². The number of benzene rings is 2. The van der Waals surface area contributed by atoms with Crippen LogP contribution in [-0.4, -0.2) is 9.38 Å². The van der Waals surface area contributed by atoms with E-state index in [0.717, 1.165) is 40.2 Å². The molecule has 1 N–H and O–H groups in total. The average molecular weight is 489 g/mol. The molecular formula is C26H25BrN4O. The first-order chi connectivity index (χ1) is 15.4. The highest BCUT2D eigenvalue weighted by atomic mass is 79.9. The molecular weight excluding hydrogens is 464 g/mol. The smallest absolute Gasteiger partial charge is 0.262 e. The largest absolute Gasteiger partial charge is 0.377 e. The number of nitrogens with zero attached hydrogens (tertiary/aromatic N) is 3. The minimum Gasteiger partial charge on any atom is -0.377 e. The fourth-order valence-corrected chi connectivity index (χ4v) is 4.88. The molecule has 5 nitrogen and oxygen atoms in total. The predicted molar refractivity (Wildman–Crippen MR) is 133 cm³/mol. The molecule has 1 aliphatic rings. The van der Waals surface area contributed by atoms with Crippen LogP contribution in [0.15, 0.2) is 70.1 Å². The third kappa shape index (κ3) is 3.58. The Morgan fingerprint density at radius 3 is 2.38 bits per heavy atom. The molecule has 0 fully saturated rings. The van der Waals surface area contributed by atoms with E-state index in [-0.39, 0.29) is 11.6 Å². The molecule has 0 saturated carbocycles. The Labute approximate surface area is 195 Å². The van der Waals surface area contributed by atoms with Crippen LogP contribution in [0, 0.1) is 13.8 Å². The van der Waals surface area contributed by atoms with E-state index in [4.69, 9.17) is 4.98 Å². The quantitative estimate of drug-likeness (QED) is 0.396. The van der Waals surface area contributed by atoms with E-state index < -0.39 is 0 Å². The maximum atomic E-state index is 13.4. The number of pyridine rings is 1. The van der Waals surface area contributed by atoms with Gasteiger partial charge in [0.2, 0.25) is 0 Å². The van der Waals surface area contributed by atoms with Gasteiger partial charge in [0, 0.05) is 35.0 Å². The lowest BCUT2D eigenvalue weighted by atomic mass is 10.1. The van der Waals surface area contributed by atoms with Crippen molar-refractivity contribution in [1.82, 2.24) is 9.38 Å². The van der Waals surface area contributed by atoms with Crippen molar-refractivity contribution in [3.63, 3.8) is 0 Å². The van der Waals surface area contributed by atoms with Crippen molar-refractivity contribution >= 4 is 33.1 Å². The molecule has 4 aromatic rings. The lowest BCUT2D eigenvalue weighted by molar-refractivity contribution is 0.824. The van der Waals surface area contributed by atoms with E-state index in [9.17, 15) is 4.79 Å². The van der Waals surface area contributed by atoms with Gasteiger partial charge in [-0.1, -0.05) is 36.4 Å². The summed E-state index contributed by atoms with van der Waals surface area (Å²) < 4.78 is 2.70. The minimum atomic E-state index is -0.0400. The van der Waals surface area contributed by atoms with Gasteiger partial charge < -0.3 is 10.2 Å². The Balaban J connectivity index is 1.61. The first-order valence-corrected chi connectivity index (χ1v) is 11.6. The molecule has 0 radical (unpaired) electrons. The van der Waals surface area contributed by atoms with Gasteiger partial charge in [0.15, 0.2) is 0 Å². The zero-order valence-corrected chi connectivity index (χ0v) is 20.0. The zero-order valence-electron chi connectivity index (χ0n) is 18.4. The van der Waals surface area contributed by atoms with Gasteiger partial charge in [-0.05, 0) is 71.6 Å². The topological polar surface area (TPSA) is 49.6 Å². The van der Waals surface area contributed by atoms with Crippen LogP contribution >= 0.6 is 15.9 Å². The van der Waals surface area contributed by atoms with Crippen LogP contribution in [0.25, 0.3) is 5.65 Å². The number of halogens is 1. The number of anilines is 2. The molecule has 2 aromatic heterocycles. The second-order valence-electron chi connectivity index (χ2n) is 8.50. The van der Waals surface area contributed by atoms with E-state index in [1.54, 1.807) is 4.40 Å². The van der Waals surface area contributed by atoms with Crippen LogP contribution in [-0.2, 0) is 13.1 Å². The summed E-state index contributed by atoms with van der Waals surface area (Å²) in [7, 11) is 0. The van der Waals surface area contributed by atoms with Gasteiger partial charge in [-0.3, -0.25) is 9.20 Å². The number of hydrogen-bond donors (Lipinski definition) is 1. The van der Waals surface area contributed by atoms with Gasteiger partial charge in [0.05, 0.1) is 11.6 Å². The number of aryl methyl sites for hydroxylation is 1. The van der Waals surface area contributed by atoms with Crippen LogP contribution in [0.3, 0.4) is 0 Å². The van der Waals surface area contributed by atoms with Crippen LogP contribution in [0.1, 0.15) is 40.8 Å². The second kappa shape index (κ2) is 8.10. The van der Waals surface area contributed by atoms with E-state index in [0.29, 0.717) is 11.2 Å². The summed E-state index contributed by atoms with van der Waals surface area (Å²) in [5.74, 6) is 0.768. The number of para-hydroxylation sites is 1. The van der Waals surface area contributed by atoms with E-state index >= 15 is 0 Å². The molecule has 0 bridgehead atoms. The van der Waals surface area contributed by atoms with Crippen molar-refractivity contribution < 1.29 is 0 Å². The van der Waals surface area contributed by atoms with Gasteiger partial charge in [-0.2, -0.15) is 0 Å². The summed E-state index contributed by atoms with van der Waals surface area (Å²) in [6.45, 7) is 7.54. The monoisotopic (exact) mass is 488 g/mol. The summed E-state index contributed by atoms with van der Waals surface area (Å²) >= 11 is 3.61. The lowest BCUT2D eigenvalue weighted by Crippen LogP contribution is -2.26. The highest BCUT2D eigenvalue weighted by molar-refractivity contribution is 9.10. The summed E-state index contributed by atoms with van der Waals surface area (Å²) in [6.07, 6.45) is 1.88. The van der Waals surface area contributed by atoms with Crippen molar-refractivity contribution in [1.29, 1.82) is 0 Å². The highest BCUT2D eigenvalue weighted by Crippen LogP contribution is 2.31. The van der Waals surface area contributed by atoms with Gasteiger partial charge >= 0.3 is 0 Å². The Hall–Kier alpha value is -3.12. The molecule has 6 heteroatoms. The highest BCUT2D eigenvalue weighted by Gasteiger charge is 2.24. The molecule has 3 heterocycles. The molecule has 5 rings (SSSR count). The number of nitrogens with one attached hydrogen (secondary N) is 1. The van der Waals surface area contributed by atoms with Crippen LogP contribution in [0.5, 0.6) is 0 Å². The Kier molecular flexibility index (Phi) is 5.25. The van der Waals surface area contributed by atoms with Gasteiger partial charge in [0.25, 0.3) is 5.56 Å². The van der Waals surface area contributed by atoms with Gasteiger partial charge in [0.1, 0.15) is 11.5 Å². The molecule has 0 aliphatic carbocycles. The summed E-state index contributed by atoms with van der Waals surface area (Å²) in [6, 6.07) is 18.6. The molecule has 0 amide bonds. The summed E-state index contributed by atoms with van der Waals surface area (Å²) in [5, 5.41) is 3.57. The van der Waals surface area contributed by atoms with Crippen LogP contribution < -0.4 is 15.8 Å². The molecule has 1 aliphatic heterocycles. The Morgan fingerprint density at radius 2 is 1.69 bits per heavy atom. The maximum Gasteiger partial charge on any atom is 0.262 e. The molecule has 32 heavy (non-hydrogen) atoms. The van der Waals surface area contributed by atoms with Crippen molar-refractivity contribution in [2.24, 2.45) is 0 Å². The fraction of sp³-hybridized carbons (Fsp3) is 0.231. The van der Waals surface area contributed by atoms with Gasteiger partial charge in [-0.25, -0.2) is 4.98 Å². The molecule has 0 spiro atoms. The third-order valence-corrected chi connectivity index (χ3v) is 6.83. The molecule has 2 aromatic carbocycles. The SMILES string of the molecule is Cc1cc(C(C)Nc2ccccc2Br)c2nc(N3Cc4ccccc4C3)c(C)c(=O)n2c1. The van der Waals surface area contributed by atoms with Gasteiger partial charge in [-0.15, -0.1) is 0 Å². The first kappa shape index (κ1) is 20.8. The van der Waals surface area contributed by atoms with E-state index in [1.807, 2.05) is 44.3 Å². The third-order valence-electron chi connectivity index (χ3n) is 6.14. The van der Waals surface area contributed by atoms with E-state index in [2.05, 4.69) is 63.4 Å².